The summed E-state index contributed by atoms with van der Waals surface area (Å²) in [6.07, 6.45) is 2.66. The second kappa shape index (κ2) is 6.03. The Labute approximate surface area is 95.5 Å². The van der Waals surface area contributed by atoms with Crippen LogP contribution in [0.5, 0.6) is 0 Å². The molecule has 0 radical (unpaired) electrons. The average molecular weight is 225 g/mol. The highest BCUT2D eigenvalue weighted by Gasteiger charge is 2.15. The maximum atomic E-state index is 11.7. The Morgan fingerprint density at radius 2 is 2.27 bits per heavy atom. The monoisotopic (exact) mass is 225 g/mol. The molecule has 2 N–H and O–H groups in total. The van der Waals surface area contributed by atoms with Gasteiger partial charge in [0.1, 0.15) is 0 Å². The lowest BCUT2D eigenvalue weighted by atomic mass is 10.0. The molecular weight excluding hydrogens is 206 g/mol. The summed E-state index contributed by atoms with van der Waals surface area (Å²) >= 11 is 1.55. The number of Topliss-reactive ketones (excluding diaryl/α,β-unsaturated/α-hetero) is 1. The summed E-state index contributed by atoms with van der Waals surface area (Å²) in [4.78, 5) is 12.7. The van der Waals surface area contributed by atoms with Gasteiger partial charge in [-0.2, -0.15) is 0 Å². The number of carbonyl (C=O) groups excluding carboxylic acids is 1. The van der Waals surface area contributed by atoms with Crippen molar-refractivity contribution in [1.29, 1.82) is 0 Å². The highest BCUT2D eigenvalue weighted by Crippen LogP contribution is 2.19. The van der Waals surface area contributed by atoms with Crippen LogP contribution in [-0.2, 0) is 4.79 Å². The number of hydrogen-bond acceptors (Lipinski definition) is 3. The molecule has 0 saturated carbocycles. The van der Waals surface area contributed by atoms with Gasteiger partial charge in [-0.1, -0.05) is 26.3 Å². The first-order valence-corrected chi connectivity index (χ1v) is 6.31. The third-order valence-corrected chi connectivity index (χ3v) is 3.36. The van der Waals surface area contributed by atoms with Crippen molar-refractivity contribution in [3.8, 4) is 0 Å². The molecule has 2 nitrogen and oxygen atoms in total. The van der Waals surface area contributed by atoms with Crippen LogP contribution in [0.2, 0.25) is 0 Å². The molecular formula is C12H19NOS. The molecule has 0 aliphatic rings. The molecule has 0 spiro atoms. The first kappa shape index (κ1) is 12.4. The molecule has 1 atom stereocenters. The number of nitrogens with two attached hydrogens (primary N) is 1. The van der Waals surface area contributed by atoms with Crippen molar-refractivity contribution in [3.05, 3.63) is 22.4 Å². The predicted molar refractivity (Wildman–Crippen MR) is 64.9 cm³/mol. The highest BCUT2D eigenvalue weighted by molar-refractivity contribution is 7.10. The SMILES string of the molecule is CC(C)CCCC(=O)C(N)c1cccs1. The molecule has 1 heterocycles. The number of rotatable bonds is 6. The van der Waals surface area contributed by atoms with Crippen LogP contribution in [0.3, 0.4) is 0 Å². The zero-order valence-corrected chi connectivity index (χ0v) is 10.2. The summed E-state index contributed by atoms with van der Waals surface area (Å²) in [5.41, 5.74) is 5.86. The molecule has 0 fully saturated rings. The molecule has 84 valence electrons. The standard InChI is InChI=1S/C12H19NOS/c1-9(2)5-3-6-10(14)12(13)11-7-4-8-15-11/h4,7-9,12H,3,5-6,13H2,1-2H3. The lowest BCUT2D eigenvalue weighted by Gasteiger charge is -2.09. The van der Waals surface area contributed by atoms with Gasteiger partial charge in [0, 0.05) is 11.3 Å². The van der Waals surface area contributed by atoms with E-state index in [1.807, 2.05) is 17.5 Å². The molecule has 0 aliphatic carbocycles. The van der Waals surface area contributed by atoms with Gasteiger partial charge in [0.15, 0.2) is 5.78 Å². The number of hydrogen-bond donors (Lipinski definition) is 1. The Bertz CT molecular complexity index is 293. The minimum atomic E-state index is -0.405. The Morgan fingerprint density at radius 3 is 2.80 bits per heavy atom. The third-order valence-electron chi connectivity index (χ3n) is 2.40. The lowest BCUT2D eigenvalue weighted by Crippen LogP contribution is -2.20. The normalized spacial score (nSPS) is 13.1. The van der Waals surface area contributed by atoms with Gasteiger partial charge < -0.3 is 5.73 Å². The van der Waals surface area contributed by atoms with E-state index in [4.69, 9.17) is 5.73 Å². The van der Waals surface area contributed by atoms with Crippen LogP contribution in [0, 0.1) is 5.92 Å². The second-order valence-electron chi connectivity index (χ2n) is 4.25. The van der Waals surface area contributed by atoms with Crippen LogP contribution in [0.4, 0.5) is 0 Å². The summed E-state index contributed by atoms with van der Waals surface area (Å²) in [6.45, 7) is 4.34. The largest absolute Gasteiger partial charge is 0.317 e. The maximum Gasteiger partial charge on any atom is 0.154 e. The van der Waals surface area contributed by atoms with Crippen LogP contribution in [0.1, 0.15) is 44.0 Å². The molecule has 0 bridgehead atoms. The summed E-state index contributed by atoms with van der Waals surface area (Å²) in [6, 6.07) is 3.45. The van der Waals surface area contributed by atoms with Crippen LogP contribution < -0.4 is 5.73 Å². The number of carbonyl (C=O) groups is 1. The Hall–Kier alpha value is -0.670. The van der Waals surface area contributed by atoms with Gasteiger partial charge in [0.05, 0.1) is 6.04 Å². The molecule has 1 aromatic rings. The van der Waals surface area contributed by atoms with Crippen molar-refractivity contribution in [2.75, 3.05) is 0 Å². The van der Waals surface area contributed by atoms with Crippen molar-refractivity contribution in [1.82, 2.24) is 0 Å². The molecule has 0 aromatic carbocycles. The van der Waals surface area contributed by atoms with Gasteiger partial charge in [-0.05, 0) is 23.8 Å². The Kier molecular flexibility index (Phi) is 4.99. The van der Waals surface area contributed by atoms with Crippen LogP contribution in [-0.4, -0.2) is 5.78 Å². The van der Waals surface area contributed by atoms with Crippen LogP contribution >= 0.6 is 11.3 Å². The van der Waals surface area contributed by atoms with Crippen molar-refractivity contribution < 1.29 is 4.79 Å². The summed E-state index contributed by atoms with van der Waals surface area (Å²) < 4.78 is 0. The zero-order chi connectivity index (χ0) is 11.3. The first-order valence-electron chi connectivity index (χ1n) is 5.43. The van der Waals surface area contributed by atoms with Gasteiger partial charge in [0.25, 0.3) is 0 Å². The topological polar surface area (TPSA) is 43.1 Å². The fourth-order valence-corrected chi connectivity index (χ4v) is 2.22. The second-order valence-corrected chi connectivity index (χ2v) is 5.22. The van der Waals surface area contributed by atoms with E-state index in [1.165, 1.54) is 0 Å². The summed E-state index contributed by atoms with van der Waals surface area (Å²) in [5.74, 6) is 0.828. The van der Waals surface area contributed by atoms with Gasteiger partial charge in [0.2, 0.25) is 0 Å². The van der Waals surface area contributed by atoms with E-state index in [0.29, 0.717) is 12.3 Å². The van der Waals surface area contributed by atoms with E-state index in [0.717, 1.165) is 17.7 Å². The van der Waals surface area contributed by atoms with Gasteiger partial charge in [-0.15, -0.1) is 11.3 Å². The van der Waals surface area contributed by atoms with E-state index in [1.54, 1.807) is 11.3 Å². The lowest BCUT2D eigenvalue weighted by molar-refractivity contribution is -0.120. The third kappa shape index (κ3) is 4.14. The van der Waals surface area contributed by atoms with Gasteiger partial charge in [-0.25, -0.2) is 0 Å². The molecule has 0 amide bonds. The fraction of sp³-hybridized carbons (Fsp3) is 0.583. The number of ketones is 1. The molecule has 0 aliphatic heterocycles. The van der Waals surface area contributed by atoms with Crippen molar-refractivity contribution in [2.24, 2.45) is 11.7 Å². The van der Waals surface area contributed by atoms with E-state index in [2.05, 4.69) is 13.8 Å². The van der Waals surface area contributed by atoms with Crippen molar-refractivity contribution >= 4 is 17.1 Å². The Balaban J connectivity index is 2.34. The minimum Gasteiger partial charge on any atom is -0.317 e. The smallest absolute Gasteiger partial charge is 0.154 e. The predicted octanol–water partition coefficient (Wildman–Crippen LogP) is 3.14. The molecule has 15 heavy (non-hydrogen) atoms. The molecule has 0 saturated heterocycles. The summed E-state index contributed by atoms with van der Waals surface area (Å²) in [5, 5.41) is 1.95. The Morgan fingerprint density at radius 1 is 1.53 bits per heavy atom. The van der Waals surface area contributed by atoms with E-state index in [9.17, 15) is 4.79 Å². The zero-order valence-electron chi connectivity index (χ0n) is 9.40. The average Bonchev–Trinajstić information content (AvgIpc) is 2.68. The maximum absolute atomic E-state index is 11.7. The van der Waals surface area contributed by atoms with Crippen molar-refractivity contribution in [2.45, 2.75) is 39.2 Å². The molecule has 1 rings (SSSR count). The van der Waals surface area contributed by atoms with Gasteiger partial charge in [-0.3, -0.25) is 4.79 Å². The fourth-order valence-electron chi connectivity index (χ4n) is 1.47. The van der Waals surface area contributed by atoms with E-state index >= 15 is 0 Å². The first-order chi connectivity index (χ1) is 7.11. The van der Waals surface area contributed by atoms with Crippen LogP contribution in [0.25, 0.3) is 0 Å². The van der Waals surface area contributed by atoms with Gasteiger partial charge >= 0.3 is 0 Å². The van der Waals surface area contributed by atoms with Crippen molar-refractivity contribution in [3.63, 3.8) is 0 Å². The van der Waals surface area contributed by atoms with E-state index in [-0.39, 0.29) is 5.78 Å². The van der Waals surface area contributed by atoms with Crippen LogP contribution in [0.15, 0.2) is 17.5 Å². The quantitative estimate of drug-likeness (QED) is 0.808. The summed E-state index contributed by atoms with van der Waals surface area (Å²) in [7, 11) is 0. The highest BCUT2D eigenvalue weighted by atomic mass is 32.1. The van der Waals surface area contributed by atoms with E-state index < -0.39 is 6.04 Å². The number of thiophene rings is 1. The minimum absolute atomic E-state index is 0.165. The molecule has 1 aromatic heterocycles. The molecule has 3 heteroatoms. The molecule has 1 unspecified atom stereocenters.